The molecule has 0 radical (unpaired) electrons. The van der Waals surface area contributed by atoms with Crippen molar-refractivity contribution >= 4 is 27.6 Å². The van der Waals surface area contributed by atoms with Crippen molar-refractivity contribution in [3.63, 3.8) is 0 Å². The van der Waals surface area contributed by atoms with E-state index >= 15 is 0 Å². The van der Waals surface area contributed by atoms with Crippen molar-refractivity contribution in [3.05, 3.63) is 23.8 Å². The van der Waals surface area contributed by atoms with E-state index < -0.39 is 16.0 Å². The van der Waals surface area contributed by atoms with Crippen LogP contribution in [-0.4, -0.2) is 54.2 Å². The summed E-state index contributed by atoms with van der Waals surface area (Å²) >= 11 is 0. The summed E-state index contributed by atoms with van der Waals surface area (Å²) < 4.78 is 32.2. The highest BCUT2D eigenvalue weighted by Gasteiger charge is 2.17. The second kappa shape index (κ2) is 9.21. The molecule has 9 nitrogen and oxygen atoms in total. The minimum absolute atomic E-state index is 0.0174. The monoisotopic (exact) mass is 359 g/mol. The van der Waals surface area contributed by atoms with E-state index in [1.807, 2.05) is 0 Å². The van der Waals surface area contributed by atoms with Crippen LogP contribution in [-0.2, 0) is 24.3 Å². The molecule has 1 aromatic rings. The Labute approximate surface area is 140 Å². The number of hydrogen-bond acceptors (Lipinski definition) is 7. The average Bonchev–Trinajstić information content (AvgIpc) is 2.53. The Kier molecular flexibility index (Phi) is 7.62. The number of ether oxygens (including phenoxy) is 2. The summed E-state index contributed by atoms with van der Waals surface area (Å²) in [5.41, 5.74) is 0.364. The Morgan fingerprint density at radius 2 is 1.92 bits per heavy atom. The summed E-state index contributed by atoms with van der Waals surface area (Å²) in [6.45, 7) is 1.07. The predicted molar refractivity (Wildman–Crippen MR) is 87.1 cm³/mol. The van der Waals surface area contributed by atoms with Gasteiger partial charge in [-0.2, -0.15) is 0 Å². The van der Waals surface area contributed by atoms with Gasteiger partial charge in [-0.3, -0.25) is 4.79 Å². The summed E-state index contributed by atoms with van der Waals surface area (Å²) in [6, 6.07) is 3.79. The number of esters is 1. The van der Waals surface area contributed by atoms with Crippen molar-refractivity contribution < 1.29 is 27.5 Å². The van der Waals surface area contributed by atoms with Gasteiger partial charge in [0.05, 0.1) is 24.2 Å². The van der Waals surface area contributed by atoms with E-state index in [0.29, 0.717) is 18.8 Å². The maximum atomic E-state index is 11.8. The third-order valence-electron chi connectivity index (χ3n) is 3.02. The standard InChI is InChI=1S/C14H21N3O6S/c1-22-8-7-17-13(18)5-6-16-12-4-3-10(24(15,20)21)9-11(12)14(19)23-2/h3-4,9,16H,5-8H2,1-2H3,(H,17,18)(H2,15,20,21). The molecule has 0 spiro atoms. The molecule has 0 unspecified atom stereocenters. The van der Waals surface area contributed by atoms with Gasteiger partial charge in [0.15, 0.2) is 0 Å². The van der Waals surface area contributed by atoms with Gasteiger partial charge in [0, 0.05) is 32.3 Å². The van der Waals surface area contributed by atoms with E-state index in [-0.39, 0.29) is 29.3 Å². The van der Waals surface area contributed by atoms with Crippen molar-refractivity contribution in [1.82, 2.24) is 5.32 Å². The molecule has 4 N–H and O–H groups in total. The molecule has 0 aliphatic heterocycles. The third-order valence-corrected chi connectivity index (χ3v) is 3.93. The second-order valence-corrected chi connectivity index (χ2v) is 6.32. The lowest BCUT2D eigenvalue weighted by molar-refractivity contribution is -0.121. The van der Waals surface area contributed by atoms with Crippen LogP contribution in [0.2, 0.25) is 0 Å². The molecule has 0 atom stereocenters. The van der Waals surface area contributed by atoms with Crippen LogP contribution in [0.15, 0.2) is 23.1 Å². The summed E-state index contributed by atoms with van der Waals surface area (Å²) in [7, 11) is -1.23. The number of nitrogens with one attached hydrogen (secondary N) is 2. The summed E-state index contributed by atoms with van der Waals surface area (Å²) in [6.07, 6.45) is 0.168. The number of amides is 1. The number of rotatable bonds is 9. The van der Waals surface area contributed by atoms with Gasteiger partial charge in [-0.15, -0.1) is 0 Å². The molecule has 1 rings (SSSR count). The van der Waals surface area contributed by atoms with Gasteiger partial charge in [-0.25, -0.2) is 18.4 Å². The normalized spacial score (nSPS) is 11.0. The lowest BCUT2D eigenvalue weighted by Gasteiger charge is -2.12. The maximum Gasteiger partial charge on any atom is 0.340 e. The van der Waals surface area contributed by atoms with Crippen molar-refractivity contribution in [3.8, 4) is 0 Å². The minimum atomic E-state index is -3.94. The van der Waals surface area contributed by atoms with Crippen LogP contribution in [0, 0.1) is 0 Å². The van der Waals surface area contributed by atoms with Crippen LogP contribution in [0.25, 0.3) is 0 Å². The molecule has 0 bridgehead atoms. The topological polar surface area (TPSA) is 137 Å². The maximum absolute atomic E-state index is 11.8. The Hall–Kier alpha value is -2.17. The number of anilines is 1. The lowest BCUT2D eigenvalue weighted by atomic mass is 10.1. The van der Waals surface area contributed by atoms with Crippen LogP contribution < -0.4 is 15.8 Å². The van der Waals surface area contributed by atoms with E-state index in [9.17, 15) is 18.0 Å². The van der Waals surface area contributed by atoms with Crippen molar-refractivity contribution in [2.45, 2.75) is 11.3 Å². The van der Waals surface area contributed by atoms with Gasteiger partial charge in [0.2, 0.25) is 15.9 Å². The fourth-order valence-corrected chi connectivity index (χ4v) is 2.36. The Morgan fingerprint density at radius 1 is 1.21 bits per heavy atom. The van der Waals surface area contributed by atoms with Gasteiger partial charge in [-0.05, 0) is 18.2 Å². The molecule has 0 aliphatic rings. The Morgan fingerprint density at radius 3 is 2.50 bits per heavy atom. The zero-order chi connectivity index (χ0) is 18.2. The van der Waals surface area contributed by atoms with Crippen LogP contribution >= 0.6 is 0 Å². The summed E-state index contributed by atoms with van der Waals surface area (Å²) in [5, 5.41) is 10.6. The van der Waals surface area contributed by atoms with Crippen LogP contribution in [0.1, 0.15) is 16.8 Å². The molecular formula is C14H21N3O6S. The highest BCUT2D eigenvalue weighted by atomic mass is 32.2. The van der Waals surface area contributed by atoms with Gasteiger partial charge < -0.3 is 20.1 Å². The first-order valence-corrected chi connectivity index (χ1v) is 8.59. The number of hydrogen-bond donors (Lipinski definition) is 3. The smallest absolute Gasteiger partial charge is 0.340 e. The number of carbonyl (C=O) groups excluding carboxylic acids is 2. The first-order chi connectivity index (χ1) is 11.3. The van der Waals surface area contributed by atoms with Crippen molar-refractivity contribution in [2.24, 2.45) is 5.14 Å². The second-order valence-electron chi connectivity index (χ2n) is 4.76. The number of sulfonamides is 1. The molecule has 10 heteroatoms. The molecule has 1 aromatic carbocycles. The number of methoxy groups -OCH3 is 2. The molecule has 0 saturated carbocycles. The fraction of sp³-hybridized carbons (Fsp3) is 0.429. The van der Waals surface area contributed by atoms with Crippen LogP contribution in [0.5, 0.6) is 0 Å². The largest absolute Gasteiger partial charge is 0.465 e. The molecule has 1 amide bonds. The summed E-state index contributed by atoms with van der Waals surface area (Å²) in [5.74, 6) is -0.895. The van der Waals surface area contributed by atoms with E-state index in [4.69, 9.17) is 9.88 Å². The third kappa shape index (κ3) is 6.14. The Bertz CT molecular complexity index is 690. The first kappa shape index (κ1) is 19.9. The molecule has 0 fully saturated rings. The first-order valence-electron chi connectivity index (χ1n) is 7.04. The van der Waals surface area contributed by atoms with Gasteiger partial charge in [-0.1, -0.05) is 0 Å². The number of primary sulfonamides is 1. The number of benzene rings is 1. The summed E-state index contributed by atoms with van der Waals surface area (Å²) in [4.78, 5) is 23.2. The zero-order valence-electron chi connectivity index (χ0n) is 13.5. The highest BCUT2D eigenvalue weighted by molar-refractivity contribution is 7.89. The average molecular weight is 359 g/mol. The SMILES string of the molecule is COCCNC(=O)CCNc1ccc(S(N)(=O)=O)cc1C(=O)OC. The quantitative estimate of drug-likeness (QED) is 0.406. The van der Waals surface area contributed by atoms with Crippen molar-refractivity contribution in [1.29, 1.82) is 0 Å². The van der Waals surface area contributed by atoms with Gasteiger partial charge in [0.1, 0.15) is 0 Å². The van der Waals surface area contributed by atoms with Gasteiger partial charge >= 0.3 is 5.97 Å². The number of carbonyl (C=O) groups is 2. The van der Waals surface area contributed by atoms with E-state index in [2.05, 4.69) is 15.4 Å². The van der Waals surface area contributed by atoms with E-state index in [1.165, 1.54) is 26.4 Å². The molecular weight excluding hydrogens is 338 g/mol. The lowest BCUT2D eigenvalue weighted by Crippen LogP contribution is -2.28. The Balaban J connectivity index is 2.77. The molecule has 24 heavy (non-hydrogen) atoms. The molecule has 0 heterocycles. The fourth-order valence-electron chi connectivity index (χ4n) is 1.82. The molecule has 0 aromatic heterocycles. The zero-order valence-corrected chi connectivity index (χ0v) is 14.3. The van der Waals surface area contributed by atoms with Crippen LogP contribution in [0.4, 0.5) is 5.69 Å². The highest BCUT2D eigenvalue weighted by Crippen LogP contribution is 2.20. The molecule has 134 valence electrons. The van der Waals surface area contributed by atoms with Crippen molar-refractivity contribution in [2.75, 3.05) is 39.2 Å². The van der Waals surface area contributed by atoms with Gasteiger partial charge in [0.25, 0.3) is 0 Å². The number of nitrogens with two attached hydrogens (primary N) is 1. The predicted octanol–water partition coefficient (Wildman–Crippen LogP) is -0.315. The minimum Gasteiger partial charge on any atom is -0.465 e. The molecule has 0 saturated heterocycles. The van der Waals surface area contributed by atoms with E-state index in [1.54, 1.807) is 0 Å². The van der Waals surface area contributed by atoms with Crippen LogP contribution in [0.3, 0.4) is 0 Å². The van der Waals surface area contributed by atoms with E-state index in [0.717, 1.165) is 6.07 Å². The molecule has 0 aliphatic carbocycles.